The van der Waals surface area contributed by atoms with Crippen LogP contribution in [0.3, 0.4) is 0 Å². The summed E-state index contributed by atoms with van der Waals surface area (Å²) in [6, 6.07) is 13.8. The molecule has 1 N–H and O–H groups in total. The maximum absolute atomic E-state index is 13.5. The van der Waals surface area contributed by atoms with E-state index >= 15 is 0 Å². The van der Waals surface area contributed by atoms with E-state index in [0.29, 0.717) is 12.2 Å². The zero-order chi connectivity index (χ0) is 25.7. The van der Waals surface area contributed by atoms with Crippen LogP contribution in [0.25, 0.3) is 0 Å². The van der Waals surface area contributed by atoms with Gasteiger partial charge in [-0.1, -0.05) is 61.0 Å². The summed E-state index contributed by atoms with van der Waals surface area (Å²) in [6.07, 6.45) is 1.07. The van der Waals surface area contributed by atoms with Gasteiger partial charge in [-0.3, -0.25) is 13.9 Å². The molecule has 0 aromatic heterocycles. The highest BCUT2D eigenvalue weighted by Crippen LogP contribution is 2.26. The molecular weight excluding hydrogens is 518 g/mol. The minimum absolute atomic E-state index is 0.0895. The van der Waals surface area contributed by atoms with Crippen LogP contribution in [0.4, 0.5) is 5.69 Å². The van der Waals surface area contributed by atoms with E-state index in [1.807, 2.05) is 36.4 Å². The van der Waals surface area contributed by atoms with Crippen molar-refractivity contribution in [3.63, 3.8) is 0 Å². The molecule has 7 nitrogen and oxygen atoms in total. The lowest BCUT2D eigenvalue weighted by molar-refractivity contribution is -0.139. The number of rotatable bonds is 9. The van der Waals surface area contributed by atoms with Gasteiger partial charge >= 0.3 is 0 Å². The highest BCUT2D eigenvalue weighted by atomic mass is 79.9. The molecule has 0 saturated heterocycles. The summed E-state index contributed by atoms with van der Waals surface area (Å²) in [5.41, 5.74) is 2.19. The average Bonchev–Trinajstić information content (AvgIpc) is 2.75. The van der Waals surface area contributed by atoms with Crippen LogP contribution in [0.5, 0.6) is 0 Å². The second-order valence-electron chi connectivity index (χ2n) is 9.29. The first kappa shape index (κ1) is 27.9. The normalized spacial score (nSPS) is 12.7. The first-order valence-electron chi connectivity index (χ1n) is 11.1. The van der Waals surface area contributed by atoms with Crippen LogP contribution in [0.1, 0.15) is 45.7 Å². The van der Waals surface area contributed by atoms with E-state index in [1.165, 1.54) is 4.90 Å². The van der Waals surface area contributed by atoms with Gasteiger partial charge < -0.3 is 10.2 Å². The minimum Gasteiger partial charge on any atom is -0.355 e. The predicted molar refractivity (Wildman–Crippen MR) is 140 cm³/mol. The minimum atomic E-state index is -3.75. The van der Waals surface area contributed by atoms with Crippen LogP contribution in [0.2, 0.25) is 0 Å². The van der Waals surface area contributed by atoms with Crippen molar-refractivity contribution in [3.8, 4) is 0 Å². The van der Waals surface area contributed by atoms with Crippen molar-refractivity contribution in [1.82, 2.24) is 10.2 Å². The Morgan fingerprint density at radius 2 is 1.59 bits per heavy atom. The fourth-order valence-corrected chi connectivity index (χ4v) is 4.55. The van der Waals surface area contributed by atoms with Crippen molar-refractivity contribution in [1.29, 1.82) is 0 Å². The van der Waals surface area contributed by atoms with Crippen LogP contribution >= 0.6 is 15.9 Å². The van der Waals surface area contributed by atoms with E-state index in [0.717, 1.165) is 26.2 Å². The first-order valence-corrected chi connectivity index (χ1v) is 13.8. The van der Waals surface area contributed by atoms with Gasteiger partial charge in [-0.2, -0.15) is 0 Å². The summed E-state index contributed by atoms with van der Waals surface area (Å²) < 4.78 is 27.3. The Hall–Kier alpha value is -2.39. The quantitative estimate of drug-likeness (QED) is 0.509. The number of likely N-dealkylation sites (N-methyl/N-ethyl adjacent to an activating group) is 1. The van der Waals surface area contributed by atoms with E-state index in [4.69, 9.17) is 0 Å². The lowest BCUT2D eigenvalue weighted by Gasteiger charge is -2.31. The fraction of sp³-hybridized carbons (Fsp3) is 0.440. The number of sulfonamides is 1. The van der Waals surface area contributed by atoms with Crippen molar-refractivity contribution < 1.29 is 18.0 Å². The van der Waals surface area contributed by atoms with Gasteiger partial charge in [-0.15, -0.1) is 0 Å². The van der Waals surface area contributed by atoms with Crippen molar-refractivity contribution in [3.05, 3.63) is 64.1 Å². The van der Waals surface area contributed by atoms with Crippen molar-refractivity contribution in [2.24, 2.45) is 0 Å². The molecule has 1 atom stereocenters. The summed E-state index contributed by atoms with van der Waals surface area (Å²) >= 11 is 3.39. The first-order chi connectivity index (χ1) is 15.7. The molecule has 0 radical (unpaired) electrons. The molecule has 0 fully saturated rings. The highest BCUT2D eigenvalue weighted by molar-refractivity contribution is 9.10. The highest BCUT2D eigenvalue weighted by Gasteiger charge is 2.30. The topological polar surface area (TPSA) is 86.8 Å². The molecule has 34 heavy (non-hydrogen) atoms. The average molecular weight is 553 g/mol. The Labute approximate surface area is 211 Å². The van der Waals surface area contributed by atoms with Gasteiger partial charge in [-0.05, 0) is 54.7 Å². The van der Waals surface area contributed by atoms with Crippen molar-refractivity contribution >= 4 is 43.5 Å². The molecule has 0 aliphatic rings. The molecule has 2 rings (SSSR count). The lowest BCUT2D eigenvalue weighted by Crippen LogP contribution is -2.51. The summed E-state index contributed by atoms with van der Waals surface area (Å²) in [5.74, 6) is -0.764. The fourth-order valence-electron chi connectivity index (χ4n) is 3.43. The standard InChI is InChI=1S/C25H34BrN3O4S/c1-7-27-24(31)18(2)28(16-19-8-12-21(26)13-9-19)23(30)17-29(34(6,32)33)22-14-10-20(11-15-22)25(3,4)5/h8-15,18H,7,16-17H2,1-6H3,(H,27,31)/t18-/m1/s1. The number of nitrogens with zero attached hydrogens (tertiary/aromatic N) is 2. The number of benzene rings is 2. The molecule has 2 amide bonds. The molecule has 2 aromatic rings. The molecule has 0 unspecified atom stereocenters. The van der Waals surface area contributed by atoms with Gasteiger partial charge in [0.15, 0.2) is 0 Å². The number of amides is 2. The molecule has 0 spiro atoms. The van der Waals surface area contributed by atoms with Crippen LogP contribution in [-0.2, 0) is 31.6 Å². The molecule has 9 heteroatoms. The number of hydrogen-bond acceptors (Lipinski definition) is 4. The van der Waals surface area contributed by atoms with Crippen molar-refractivity contribution in [2.45, 2.75) is 52.6 Å². The molecule has 0 aliphatic carbocycles. The van der Waals surface area contributed by atoms with Crippen LogP contribution in [-0.4, -0.2) is 50.5 Å². The van der Waals surface area contributed by atoms with Crippen LogP contribution < -0.4 is 9.62 Å². The maximum atomic E-state index is 13.5. The molecular formula is C25H34BrN3O4S. The number of hydrogen-bond donors (Lipinski definition) is 1. The monoisotopic (exact) mass is 551 g/mol. The molecule has 0 heterocycles. The van der Waals surface area contributed by atoms with Crippen molar-refractivity contribution in [2.75, 3.05) is 23.7 Å². The lowest BCUT2D eigenvalue weighted by atomic mass is 9.87. The zero-order valence-corrected chi connectivity index (χ0v) is 23.0. The molecule has 186 valence electrons. The number of carbonyl (C=O) groups excluding carboxylic acids is 2. The molecule has 2 aromatic carbocycles. The molecule has 0 bridgehead atoms. The van der Waals surface area contributed by atoms with Gasteiger partial charge in [0.1, 0.15) is 12.6 Å². The summed E-state index contributed by atoms with van der Waals surface area (Å²) in [4.78, 5) is 27.4. The smallest absolute Gasteiger partial charge is 0.244 e. The van der Waals surface area contributed by atoms with E-state index in [9.17, 15) is 18.0 Å². The SMILES string of the molecule is CCNC(=O)[C@@H](C)N(Cc1ccc(Br)cc1)C(=O)CN(c1ccc(C(C)(C)C)cc1)S(C)(=O)=O. The maximum Gasteiger partial charge on any atom is 0.244 e. The Morgan fingerprint density at radius 1 is 1.03 bits per heavy atom. The van der Waals surface area contributed by atoms with E-state index in [1.54, 1.807) is 26.0 Å². The third-order valence-corrected chi connectivity index (χ3v) is 7.15. The Bertz CT molecular complexity index is 1090. The van der Waals surface area contributed by atoms with Gasteiger partial charge in [-0.25, -0.2) is 8.42 Å². The number of halogens is 1. The summed E-state index contributed by atoms with van der Waals surface area (Å²) in [6.45, 7) is 9.86. The summed E-state index contributed by atoms with van der Waals surface area (Å²) in [5, 5.41) is 2.74. The van der Waals surface area contributed by atoms with Gasteiger partial charge in [0.2, 0.25) is 21.8 Å². The molecule has 0 aliphatic heterocycles. The largest absolute Gasteiger partial charge is 0.355 e. The second-order valence-corrected chi connectivity index (χ2v) is 12.1. The molecule has 0 saturated carbocycles. The van der Waals surface area contributed by atoms with Gasteiger partial charge in [0.05, 0.1) is 11.9 Å². The van der Waals surface area contributed by atoms with Gasteiger partial charge in [0.25, 0.3) is 0 Å². The number of nitrogens with one attached hydrogen (secondary N) is 1. The summed E-state index contributed by atoms with van der Waals surface area (Å²) in [7, 11) is -3.75. The number of carbonyl (C=O) groups is 2. The third kappa shape index (κ3) is 7.56. The van der Waals surface area contributed by atoms with Crippen LogP contribution in [0.15, 0.2) is 53.0 Å². The van der Waals surface area contributed by atoms with Crippen LogP contribution in [0, 0.1) is 0 Å². The zero-order valence-electron chi connectivity index (χ0n) is 20.6. The Balaban J connectivity index is 2.38. The second kappa shape index (κ2) is 11.4. The Morgan fingerprint density at radius 3 is 2.06 bits per heavy atom. The van der Waals surface area contributed by atoms with E-state index < -0.39 is 28.5 Å². The number of anilines is 1. The third-order valence-electron chi connectivity index (χ3n) is 5.48. The predicted octanol–water partition coefficient (Wildman–Crippen LogP) is 4.07. The Kier molecular flexibility index (Phi) is 9.30. The van der Waals surface area contributed by atoms with E-state index in [-0.39, 0.29) is 17.9 Å². The van der Waals surface area contributed by atoms with E-state index in [2.05, 4.69) is 42.0 Å². The van der Waals surface area contributed by atoms with Gasteiger partial charge in [0, 0.05) is 17.6 Å².